The van der Waals surface area contributed by atoms with Crippen LogP contribution in [0.4, 0.5) is 5.82 Å². The van der Waals surface area contributed by atoms with E-state index in [2.05, 4.69) is 30.3 Å². The second-order valence-corrected chi connectivity index (χ2v) is 9.61. The van der Waals surface area contributed by atoms with E-state index in [4.69, 9.17) is 0 Å². The van der Waals surface area contributed by atoms with Gasteiger partial charge in [-0.3, -0.25) is 4.79 Å². The molecule has 1 saturated heterocycles. The summed E-state index contributed by atoms with van der Waals surface area (Å²) in [7, 11) is -3.28. The Labute approximate surface area is 183 Å². The third-order valence-electron chi connectivity index (χ3n) is 5.34. The Bertz CT molecular complexity index is 1390. The van der Waals surface area contributed by atoms with Gasteiger partial charge in [-0.05, 0) is 30.7 Å². The number of anilines is 1. The summed E-state index contributed by atoms with van der Waals surface area (Å²) in [5, 5.41) is 7.21. The molecule has 0 radical (unpaired) electrons. The summed E-state index contributed by atoms with van der Waals surface area (Å²) in [6, 6.07) is 6.15. The van der Waals surface area contributed by atoms with Crippen molar-refractivity contribution in [2.24, 2.45) is 0 Å². The lowest BCUT2D eigenvalue weighted by molar-refractivity contribution is 0.0930. The summed E-state index contributed by atoms with van der Waals surface area (Å²) in [6.45, 7) is 1.36. The molecule has 4 aromatic rings. The van der Waals surface area contributed by atoms with Crippen molar-refractivity contribution in [1.82, 2.24) is 34.4 Å². The first-order valence-electron chi connectivity index (χ1n) is 9.94. The average molecular weight is 453 g/mol. The van der Waals surface area contributed by atoms with Gasteiger partial charge in [0.25, 0.3) is 5.91 Å². The van der Waals surface area contributed by atoms with Crippen molar-refractivity contribution < 1.29 is 13.2 Å². The first kappa shape index (κ1) is 20.1. The highest BCUT2D eigenvalue weighted by Crippen LogP contribution is 2.22. The number of rotatable bonds is 5. The zero-order chi connectivity index (χ0) is 22.3. The molecule has 11 nitrogen and oxygen atoms in total. The van der Waals surface area contributed by atoms with Crippen LogP contribution in [0.2, 0.25) is 0 Å². The number of carbonyl (C=O) groups excluding carboxylic acids is 1. The van der Waals surface area contributed by atoms with Crippen LogP contribution in [0.5, 0.6) is 0 Å². The fourth-order valence-electron chi connectivity index (χ4n) is 3.72. The Kier molecular flexibility index (Phi) is 4.85. The van der Waals surface area contributed by atoms with Crippen molar-refractivity contribution in [3.8, 4) is 5.69 Å². The molecule has 1 aromatic carbocycles. The number of carbonyl (C=O) groups is 1. The van der Waals surface area contributed by atoms with E-state index in [1.165, 1.54) is 23.1 Å². The van der Waals surface area contributed by atoms with Crippen LogP contribution in [0.3, 0.4) is 0 Å². The predicted octanol–water partition coefficient (Wildman–Crippen LogP) is 0.722. The molecule has 0 aliphatic carbocycles. The lowest BCUT2D eigenvalue weighted by Crippen LogP contribution is -2.37. The van der Waals surface area contributed by atoms with E-state index in [1.54, 1.807) is 24.5 Å². The molecule has 1 N–H and O–H groups in total. The van der Waals surface area contributed by atoms with Gasteiger partial charge >= 0.3 is 0 Å². The van der Waals surface area contributed by atoms with Crippen LogP contribution in [-0.4, -0.2) is 68.8 Å². The molecule has 4 heterocycles. The van der Waals surface area contributed by atoms with Gasteiger partial charge < -0.3 is 14.6 Å². The van der Waals surface area contributed by atoms with Crippen molar-refractivity contribution in [3.63, 3.8) is 0 Å². The van der Waals surface area contributed by atoms with Gasteiger partial charge in [0.2, 0.25) is 5.82 Å². The maximum absolute atomic E-state index is 12.7. The summed E-state index contributed by atoms with van der Waals surface area (Å²) in [4.78, 5) is 27.9. The molecule has 0 bridgehead atoms. The van der Waals surface area contributed by atoms with E-state index >= 15 is 0 Å². The van der Waals surface area contributed by atoms with E-state index in [-0.39, 0.29) is 22.7 Å². The minimum absolute atomic E-state index is 0.0455. The number of aromatic nitrogens is 6. The number of sulfone groups is 1. The normalized spacial score (nSPS) is 16.5. The Balaban J connectivity index is 1.25. The topological polar surface area (TPSA) is 127 Å². The number of hydrogen-bond acceptors (Lipinski definition) is 8. The standard InChI is InChI=1S/C20H20N8O3S/c1-32(30,31)16-4-2-15(3-5-16)28-13-23-17(25-28)20(29)24-14-6-9-27(12-14)19-18-21-7-10-26(18)11-8-22-19/h2-5,7-8,10-11,13-14H,6,9,12H2,1H3,(H,24,29)/t14-/m0/s1. The number of fused-ring (bicyclic) bond motifs is 1. The third-order valence-corrected chi connectivity index (χ3v) is 6.47. The zero-order valence-electron chi connectivity index (χ0n) is 17.2. The number of imidazole rings is 1. The second kappa shape index (κ2) is 7.71. The van der Waals surface area contributed by atoms with Crippen molar-refractivity contribution >= 4 is 27.2 Å². The first-order valence-corrected chi connectivity index (χ1v) is 11.8. The molecule has 32 heavy (non-hydrogen) atoms. The van der Waals surface area contributed by atoms with Crippen molar-refractivity contribution in [3.05, 3.63) is 61.2 Å². The number of benzene rings is 1. The average Bonchev–Trinajstić information content (AvgIpc) is 3.53. The molecule has 1 amide bonds. The van der Waals surface area contributed by atoms with Crippen LogP contribution in [0, 0.1) is 0 Å². The Morgan fingerprint density at radius 2 is 1.84 bits per heavy atom. The highest BCUT2D eigenvalue weighted by Gasteiger charge is 2.27. The molecule has 3 aromatic heterocycles. The van der Waals surface area contributed by atoms with Crippen molar-refractivity contribution in [2.45, 2.75) is 17.4 Å². The molecule has 1 atom stereocenters. The summed E-state index contributed by atoms with van der Waals surface area (Å²) in [5.74, 6) is 0.466. The van der Waals surface area contributed by atoms with E-state index in [0.717, 1.165) is 30.7 Å². The van der Waals surface area contributed by atoms with Crippen LogP contribution in [0.15, 0.2) is 60.3 Å². The minimum atomic E-state index is -3.28. The third kappa shape index (κ3) is 3.80. The van der Waals surface area contributed by atoms with Crippen LogP contribution < -0.4 is 10.2 Å². The van der Waals surface area contributed by atoms with E-state index in [1.807, 2.05) is 16.8 Å². The predicted molar refractivity (Wildman–Crippen MR) is 116 cm³/mol. The fraction of sp³-hybridized carbons (Fsp3) is 0.250. The summed E-state index contributed by atoms with van der Waals surface area (Å²) in [5.41, 5.74) is 1.39. The van der Waals surface area contributed by atoms with Gasteiger partial charge in [-0.25, -0.2) is 28.1 Å². The van der Waals surface area contributed by atoms with Crippen LogP contribution >= 0.6 is 0 Å². The van der Waals surface area contributed by atoms with Gasteiger partial charge in [-0.2, -0.15) is 0 Å². The smallest absolute Gasteiger partial charge is 0.291 e. The molecular weight excluding hydrogens is 432 g/mol. The van der Waals surface area contributed by atoms with Gasteiger partial charge in [0, 0.05) is 50.2 Å². The lowest BCUT2D eigenvalue weighted by atomic mass is 10.2. The summed E-state index contributed by atoms with van der Waals surface area (Å²) in [6.07, 6.45) is 10.5. The molecule has 5 rings (SSSR count). The number of nitrogens with zero attached hydrogens (tertiary/aromatic N) is 7. The Morgan fingerprint density at radius 3 is 2.59 bits per heavy atom. The van der Waals surface area contributed by atoms with Gasteiger partial charge in [0.15, 0.2) is 21.3 Å². The zero-order valence-corrected chi connectivity index (χ0v) is 18.0. The highest BCUT2D eigenvalue weighted by molar-refractivity contribution is 7.90. The monoisotopic (exact) mass is 452 g/mol. The molecule has 12 heteroatoms. The maximum atomic E-state index is 12.7. The van der Waals surface area contributed by atoms with Gasteiger partial charge in [0.05, 0.1) is 10.6 Å². The lowest BCUT2D eigenvalue weighted by Gasteiger charge is -2.18. The Hall–Kier alpha value is -3.80. The largest absolute Gasteiger partial charge is 0.351 e. The van der Waals surface area contributed by atoms with Gasteiger partial charge in [-0.15, -0.1) is 5.10 Å². The molecule has 1 aliphatic heterocycles. The summed E-state index contributed by atoms with van der Waals surface area (Å²) < 4.78 is 26.6. The van der Waals surface area contributed by atoms with Gasteiger partial charge in [-0.1, -0.05) is 0 Å². The minimum Gasteiger partial charge on any atom is -0.351 e. The fourth-order valence-corrected chi connectivity index (χ4v) is 4.35. The highest BCUT2D eigenvalue weighted by atomic mass is 32.2. The molecule has 0 unspecified atom stereocenters. The molecule has 0 spiro atoms. The second-order valence-electron chi connectivity index (χ2n) is 7.59. The van der Waals surface area contributed by atoms with E-state index in [9.17, 15) is 13.2 Å². The first-order chi connectivity index (χ1) is 15.4. The molecule has 164 valence electrons. The van der Waals surface area contributed by atoms with Gasteiger partial charge in [0.1, 0.15) is 6.33 Å². The number of nitrogens with one attached hydrogen (secondary N) is 1. The maximum Gasteiger partial charge on any atom is 0.291 e. The van der Waals surface area contributed by atoms with E-state index < -0.39 is 9.84 Å². The Morgan fingerprint density at radius 1 is 1.09 bits per heavy atom. The molecule has 0 saturated carbocycles. The van der Waals surface area contributed by atoms with Crippen LogP contribution in [0.1, 0.15) is 17.0 Å². The molecule has 1 fully saturated rings. The van der Waals surface area contributed by atoms with E-state index in [0.29, 0.717) is 12.2 Å². The molecule has 1 aliphatic rings. The summed E-state index contributed by atoms with van der Waals surface area (Å²) >= 11 is 0. The quantitative estimate of drug-likeness (QED) is 0.469. The SMILES string of the molecule is CS(=O)(=O)c1ccc(-n2cnc(C(=O)N[C@H]3CCN(c4nccn5ccnc45)C3)n2)cc1. The number of amides is 1. The van der Waals surface area contributed by atoms with Crippen molar-refractivity contribution in [2.75, 3.05) is 24.2 Å². The van der Waals surface area contributed by atoms with Crippen LogP contribution in [0.25, 0.3) is 11.3 Å². The molecular formula is C20H20N8O3S. The number of hydrogen-bond donors (Lipinski definition) is 1. The van der Waals surface area contributed by atoms with Crippen LogP contribution in [-0.2, 0) is 9.84 Å². The van der Waals surface area contributed by atoms with Crippen molar-refractivity contribution in [1.29, 1.82) is 0 Å².